The Kier molecular flexibility index (Phi) is 6.54. The summed E-state index contributed by atoms with van der Waals surface area (Å²) in [5.74, 6) is 1.82. The average molecular weight is 402 g/mol. The topological polar surface area (TPSA) is 59.1 Å². The molecule has 0 amide bonds. The van der Waals surface area contributed by atoms with E-state index in [0.717, 1.165) is 23.4 Å². The SMILES string of the molecule is COc1ccccc1CNc1ccnc(NCCc2cccc(C(F)(F)F)c2)n1. The molecule has 0 saturated carbocycles. The van der Waals surface area contributed by atoms with E-state index in [4.69, 9.17) is 4.74 Å². The van der Waals surface area contributed by atoms with Crippen LogP contribution in [0.2, 0.25) is 0 Å². The first-order chi connectivity index (χ1) is 14.0. The fraction of sp³-hybridized carbons (Fsp3) is 0.238. The van der Waals surface area contributed by atoms with Crippen LogP contribution in [0, 0.1) is 0 Å². The molecule has 0 saturated heterocycles. The van der Waals surface area contributed by atoms with Gasteiger partial charge in [-0.2, -0.15) is 18.2 Å². The van der Waals surface area contributed by atoms with Gasteiger partial charge in [0.1, 0.15) is 11.6 Å². The molecule has 0 aliphatic rings. The second-order valence-corrected chi connectivity index (χ2v) is 6.31. The van der Waals surface area contributed by atoms with Crippen molar-refractivity contribution in [2.75, 3.05) is 24.3 Å². The third kappa shape index (κ3) is 5.84. The summed E-state index contributed by atoms with van der Waals surface area (Å²) in [6.45, 7) is 0.946. The maximum Gasteiger partial charge on any atom is 0.416 e. The van der Waals surface area contributed by atoms with Crippen LogP contribution < -0.4 is 15.4 Å². The molecule has 0 aliphatic heterocycles. The first kappa shape index (κ1) is 20.4. The summed E-state index contributed by atoms with van der Waals surface area (Å²) in [5.41, 5.74) is 0.944. The second-order valence-electron chi connectivity index (χ2n) is 6.31. The molecule has 0 aliphatic carbocycles. The van der Waals surface area contributed by atoms with Gasteiger partial charge in [0.25, 0.3) is 0 Å². The fourth-order valence-corrected chi connectivity index (χ4v) is 2.80. The Labute approximate surface area is 167 Å². The average Bonchev–Trinajstić information content (AvgIpc) is 2.72. The van der Waals surface area contributed by atoms with Crippen molar-refractivity contribution in [3.8, 4) is 5.75 Å². The van der Waals surface area contributed by atoms with E-state index >= 15 is 0 Å². The van der Waals surface area contributed by atoms with Crippen molar-refractivity contribution in [2.24, 2.45) is 0 Å². The third-order valence-electron chi connectivity index (χ3n) is 4.26. The van der Waals surface area contributed by atoms with Gasteiger partial charge in [0.2, 0.25) is 5.95 Å². The number of hydrogen-bond donors (Lipinski definition) is 2. The van der Waals surface area contributed by atoms with Gasteiger partial charge < -0.3 is 15.4 Å². The number of anilines is 2. The van der Waals surface area contributed by atoms with Crippen LogP contribution in [-0.4, -0.2) is 23.6 Å². The fourth-order valence-electron chi connectivity index (χ4n) is 2.80. The molecule has 0 atom stereocenters. The number of hydrogen-bond acceptors (Lipinski definition) is 5. The molecule has 8 heteroatoms. The third-order valence-corrected chi connectivity index (χ3v) is 4.26. The van der Waals surface area contributed by atoms with E-state index in [-0.39, 0.29) is 0 Å². The molecule has 5 nitrogen and oxygen atoms in total. The minimum Gasteiger partial charge on any atom is -0.496 e. The minimum absolute atomic E-state index is 0.405. The first-order valence-corrected chi connectivity index (χ1v) is 9.04. The Morgan fingerprint density at radius 2 is 1.83 bits per heavy atom. The molecule has 1 aromatic heterocycles. The van der Waals surface area contributed by atoms with E-state index in [9.17, 15) is 13.2 Å². The van der Waals surface area contributed by atoms with Crippen LogP contribution in [-0.2, 0) is 19.1 Å². The van der Waals surface area contributed by atoms with Crippen LogP contribution in [0.15, 0.2) is 60.8 Å². The molecule has 0 bridgehead atoms. The molecule has 3 rings (SSSR count). The molecule has 3 aromatic rings. The predicted octanol–water partition coefficient (Wildman–Crippen LogP) is 4.77. The lowest BCUT2D eigenvalue weighted by Crippen LogP contribution is -2.11. The van der Waals surface area contributed by atoms with Gasteiger partial charge in [0.05, 0.1) is 12.7 Å². The van der Waals surface area contributed by atoms with Crippen molar-refractivity contribution in [3.05, 3.63) is 77.5 Å². The molecule has 29 heavy (non-hydrogen) atoms. The molecule has 0 spiro atoms. The van der Waals surface area contributed by atoms with E-state index in [1.807, 2.05) is 24.3 Å². The summed E-state index contributed by atoms with van der Waals surface area (Å²) in [5, 5.41) is 6.26. The van der Waals surface area contributed by atoms with Gasteiger partial charge in [0.15, 0.2) is 0 Å². The largest absolute Gasteiger partial charge is 0.496 e. The van der Waals surface area contributed by atoms with Crippen molar-refractivity contribution in [1.29, 1.82) is 0 Å². The van der Waals surface area contributed by atoms with E-state index in [1.54, 1.807) is 25.4 Å². The Hall–Kier alpha value is -3.29. The van der Waals surface area contributed by atoms with Crippen molar-refractivity contribution < 1.29 is 17.9 Å². The highest BCUT2D eigenvalue weighted by atomic mass is 19.4. The lowest BCUT2D eigenvalue weighted by atomic mass is 10.1. The molecule has 0 radical (unpaired) electrons. The smallest absolute Gasteiger partial charge is 0.416 e. The zero-order valence-electron chi connectivity index (χ0n) is 15.8. The number of alkyl halides is 3. The summed E-state index contributed by atoms with van der Waals surface area (Å²) in [6, 6.07) is 14.7. The molecular weight excluding hydrogens is 381 g/mol. The highest BCUT2D eigenvalue weighted by Crippen LogP contribution is 2.29. The minimum atomic E-state index is -4.34. The summed E-state index contributed by atoms with van der Waals surface area (Å²) in [6.07, 6.45) is -2.30. The van der Waals surface area contributed by atoms with Crippen molar-refractivity contribution in [1.82, 2.24) is 9.97 Å². The maximum absolute atomic E-state index is 12.8. The van der Waals surface area contributed by atoms with Crippen LogP contribution in [0.4, 0.5) is 24.9 Å². The molecule has 0 fully saturated rings. The number of rotatable bonds is 8. The summed E-state index contributed by atoms with van der Waals surface area (Å²) >= 11 is 0. The molecule has 2 N–H and O–H groups in total. The Balaban J connectivity index is 1.55. The van der Waals surface area contributed by atoms with Crippen LogP contribution in [0.5, 0.6) is 5.75 Å². The Morgan fingerprint density at radius 1 is 1.00 bits per heavy atom. The summed E-state index contributed by atoms with van der Waals surface area (Å²) in [7, 11) is 1.62. The van der Waals surface area contributed by atoms with Crippen LogP contribution >= 0.6 is 0 Å². The summed E-state index contributed by atoms with van der Waals surface area (Å²) < 4.78 is 43.7. The van der Waals surface area contributed by atoms with Gasteiger partial charge in [0, 0.05) is 24.8 Å². The van der Waals surface area contributed by atoms with E-state index in [2.05, 4.69) is 20.6 Å². The van der Waals surface area contributed by atoms with Gasteiger partial charge in [-0.15, -0.1) is 0 Å². The Bertz CT molecular complexity index is 947. The zero-order chi connectivity index (χ0) is 20.7. The predicted molar refractivity (Wildman–Crippen MR) is 106 cm³/mol. The van der Waals surface area contributed by atoms with Crippen molar-refractivity contribution in [2.45, 2.75) is 19.1 Å². The standard InChI is InChI=1S/C21H21F3N4O/c1-29-18-8-3-2-6-16(18)14-27-19-10-12-26-20(28-19)25-11-9-15-5-4-7-17(13-15)21(22,23)24/h2-8,10,12-13H,9,11,14H2,1H3,(H2,25,26,27,28). The quantitative estimate of drug-likeness (QED) is 0.568. The zero-order valence-corrected chi connectivity index (χ0v) is 15.8. The van der Waals surface area contributed by atoms with Crippen LogP contribution in [0.3, 0.4) is 0 Å². The number of benzene rings is 2. The van der Waals surface area contributed by atoms with E-state index in [0.29, 0.717) is 36.8 Å². The number of nitrogens with one attached hydrogen (secondary N) is 2. The Morgan fingerprint density at radius 3 is 2.62 bits per heavy atom. The van der Waals surface area contributed by atoms with E-state index in [1.165, 1.54) is 6.07 Å². The van der Waals surface area contributed by atoms with E-state index < -0.39 is 11.7 Å². The van der Waals surface area contributed by atoms with Gasteiger partial charge in [-0.05, 0) is 30.2 Å². The number of para-hydroxylation sites is 1. The highest BCUT2D eigenvalue weighted by molar-refractivity contribution is 5.42. The lowest BCUT2D eigenvalue weighted by Gasteiger charge is -2.11. The summed E-state index contributed by atoms with van der Waals surface area (Å²) in [4.78, 5) is 8.53. The molecule has 152 valence electrons. The number of halogens is 3. The van der Waals surface area contributed by atoms with Crippen molar-refractivity contribution in [3.63, 3.8) is 0 Å². The van der Waals surface area contributed by atoms with Crippen molar-refractivity contribution >= 4 is 11.8 Å². The highest BCUT2D eigenvalue weighted by Gasteiger charge is 2.30. The molecular formula is C21H21F3N4O. The van der Waals surface area contributed by atoms with Crippen LogP contribution in [0.1, 0.15) is 16.7 Å². The maximum atomic E-state index is 12.8. The first-order valence-electron chi connectivity index (χ1n) is 9.04. The van der Waals surface area contributed by atoms with Gasteiger partial charge in [-0.25, -0.2) is 4.98 Å². The van der Waals surface area contributed by atoms with Gasteiger partial charge >= 0.3 is 6.18 Å². The molecule has 2 aromatic carbocycles. The second kappa shape index (κ2) is 9.27. The number of nitrogens with zero attached hydrogens (tertiary/aromatic N) is 2. The van der Waals surface area contributed by atoms with Gasteiger partial charge in [-0.3, -0.25) is 0 Å². The number of ether oxygens (including phenoxy) is 1. The normalized spacial score (nSPS) is 11.2. The van der Waals surface area contributed by atoms with Crippen LogP contribution in [0.25, 0.3) is 0 Å². The monoisotopic (exact) mass is 402 g/mol. The molecule has 1 heterocycles. The van der Waals surface area contributed by atoms with Gasteiger partial charge in [-0.1, -0.05) is 36.4 Å². The molecule has 0 unspecified atom stereocenters. The number of methoxy groups -OCH3 is 1. The number of aromatic nitrogens is 2. The lowest BCUT2D eigenvalue weighted by molar-refractivity contribution is -0.137.